The Morgan fingerprint density at radius 1 is 1.06 bits per heavy atom. The molecule has 0 bridgehead atoms. The number of aromatic nitrogens is 1. The Bertz CT molecular complexity index is 1060. The Morgan fingerprint density at radius 3 is 2.71 bits per heavy atom. The van der Waals surface area contributed by atoms with Gasteiger partial charge in [-0.05, 0) is 73.7 Å². The summed E-state index contributed by atoms with van der Waals surface area (Å²) in [5.74, 6) is 2.22. The van der Waals surface area contributed by atoms with Gasteiger partial charge in [-0.25, -0.2) is 9.98 Å². The molecule has 0 spiro atoms. The Labute approximate surface area is 189 Å². The van der Waals surface area contributed by atoms with E-state index in [0.717, 1.165) is 41.8 Å². The van der Waals surface area contributed by atoms with E-state index in [-0.39, 0.29) is 11.5 Å². The molecule has 4 aliphatic rings. The van der Waals surface area contributed by atoms with Crippen LogP contribution in [-0.2, 0) is 11.8 Å². The van der Waals surface area contributed by atoms with Crippen LogP contribution in [0, 0.1) is 23.2 Å². The fourth-order valence-electron chi connectivity index (χ4n) is 7.48. The molecule has 0 aliphatic heterocycles. The molecule has 2 saturated carbocycles. The van der Waals surface area contributed by atoms with Crippen LogP contribution in [-0.4, -0.2) is 22.4 Å². The van der Waals surface area contributed by atoms with Gasteiger partial charge in [0.05, 0.1) is 11.8 Å². The van der Waals surface area contributed by atoms with E-state index in [9.17, 15) is 5.11 Å². The average molecular weight is 433 g/mol. The fraction of sp³-hybridized carbons (Fsp3) is 0.556. The minimum Gasteiger partial charge on any atom is -0.393 e. The molecule has 2 aromatic rings. The van der Waals surface area contributed by atoms with Crippen molar-refractivity contribution in [3.8, 4) is 0 Å². The molecule has 1 heterocycles. The van der Waals surface area contributed by atoms with Gasteiger partial charge < -0.3 is 5.11 Å². The van der Waals surface area contributed by atoms with Crippen molar-refractivity contribution in [3.05, 3.63) is 58.1 Å². The van der Waals surface area contributed by atoms with Crippen molar-refractivity contribution in [3.63, 3.8) is 0 Å². The van der Waals surface area contributed by atoms with Gasteiger partial charge in [-0.3, -0.25) is 0 Å². The van der Waals surface area contributed by atoms with Crippen LogP contribution < -0.4 is 0 Å². The van der Waals surface area contributed by atoms with Crippen molar-refractivity contribution in [2.24, 2.45) is 28.2 Å². The number of hydrogen-bond donors (Lipinski definition) is 1. The lowest BCUT2D eigenvalue weighted by Gasteiger charge is -2.57. The number of thiazole rings is 1. The van der Waals surface area contributed by atoms with Crippen LogP contribution in [0.25, 0.3) is 0 Å². The summed E-state index contributed by atoms with van der Waals surface area (Å²) in [4.78, 5) is 11.3. The lowest BCUT2D eigenvalue weighted by molar-refractivity contribution is -0.0169. The maximum Gasteiger partial charge on any atom is 0.209 e. The maximum atomic E-state index is 10.2. The summed E-state index contributed by atoms with van der Waals surface area (Å²) >= 11 is 1.81. The van der Waals surface area contributed by atoms with Gasteiger partial charge >= 0.3 is 0 Å². The van der Waals surface area contributed by atoms with Crippen molar-refractivity contribution < 1.29 is 5.11 Å². The van der Waals surface area contributed by atoms with Crippen molar-refractivity contribution in [1.82, 2.24) is 4.98 Å². The molecule has 4 heteroatoms. The lowest BCUT2D eigenvalue weighted by Crippen LogP contribution is -2.51. The zero-order valence-corrected chi connectivity index (χ0v) is 19.4. The van der Waals surface area contributed by atoms with Gasteiger partial charge in [0, 0.05) is 16.5 Å². The minimum atomic E-state index is -0.123. The smallest absolute Gasteiger partial charge is 0.209 e. The number of nitrogens with zero attached hydrogens (tertiary/aromatic N) is 2. The highest BCUT2D eigenvalue weighted by molar-refractivity contribution is 7.15. The summed E-state index contributed by atoms with van der Waals surface area (Å²) in [6, 6.07) is 10.3. The molecule has 3 unspecified atom stereocenters. The van der Waals surface area contributed by atoms with Crippen molar-refractivity contribution in [2.45, 2.75) is 70.3 Å². The van der Waals surface area contributed by atoms with Crippen LogP contribution in [0.3, 0.4) is 0 Å². The van der Waals surface area contributed by atoms with Gasteiger partial charge in [0.25, 0.3) is 0 Å². The summed E-state index contributed by atoms with van der Waals surface area (Å²) in [6.07, 6.45) is 12.3. The number of hydrogen-bond acceptors (Lipinski definition) is 4. The van der Waals surface area contributed by atoms with Crippen LogP contribution in [0.2, 0.25) is 0 Å². The SMILES string of the molecule is C[C@]12CC[C@H](O)CC1=CCC1C2CC[C@]2(C)c3nc(/N=C/c4ccccc4)sc3CC12. The molecule has 4 aliphatic carbocycles. The topological polar surface area (TPSA) is 45.5 Å². The van der Waals surface area contributed by atoms with E-state index in [2.05, 4.69) is 32.1 Å². The van der Waals surface area contributed by atoms with Gasteiger partial charge in [-0.2, -0.15) is 0 Å². The van der Waals surface area contributed by atoms with Gasteiger partial charge in [0.1, 0.15) is 0 Å². The highest BCUT2D eigenvalue weighted by Crippen LogP contribution is 2.64. The Morgan fingerprint density at radius 2 is 1.87 bits per heavy atom. The molecule has 1 aromatic heterocycles. The second-order valence-electron chi connectivity index (χ2n) is 10.8. The van der Waals surface area contributed by atoms with Crippen LogP contribution in [0.1, 0.15) is 68.5 Å². The van der Waals surface area contributed by atoms with Gasteiger partial charge in [-0.1, -0.05) is 67.2 Å². The van der Waals surface area contributed by atoms with Crippen LogP contribution in [0.4, 0.5) is 5.13 Å². The standard InChI is InChI=1S/C27H32N2OS/c1-26-12-10-19(30)14-18(26)8-9-20-21(26)11-13-27(2)22(20)15-23-24(27)29-25(31-23)28-16-17-6-4-3-5-7-17/h3-8,16,19-22,30H,9-15H2,1-2H3/b28-16+/t19-,20?,21?,22?,26-,27-/m0/s1. The van der Waals surface area contributed by atoms with E-state index in [0.29, 0.717) is 11.3 Å². The molecule has 6 rings (SSSR count). The molecule has 2 fully saturated rings. The molecule has 0 amide bonds. The normalized spacial score (nSPS) is 38.9. The van der Waals surface area contributed by atoms with Crippen LogP contribution in [0.15, 0.2) is 47.0 Å². The van der Waals surface area contributed by atoms with Crippen molar-refractivity contribution in [1.29, 1.82) is 0 Å². The van der Waals surface area contributed by atoms with E-state index in [1.54, 1.807) is 5.57 Å². The summed E-state index contributed by atoms with van der Waals surface area (Å²) < 4.78 is 0. The number of rotatable bonds is 2. The largest absolute Gasteiger partial charge is 0.393 e. The lowest BCUT2D eigenvalue weighted by atomic mass is 9.48. The third kappa shape index (κ3) is 3.01. The predicted molar refractivity (Wildman–Crippen MR) is 127 cm³/mol. The quantitative estimate of drug-likeness (QED) is 0.451. The molecule has 162 valence electrons. The first kappa shape index (κ1) is 19.9. The number of aliphatic hydroxyl groups excluding tert-OH is 1. The van der Waals surface area contributed by atoms with Gasteiger partial charge in [0.2, 0.25) is 5.13 Å². The number of allylic oxidation sites excluding steroid dienone is 1. The van der Waals surface area contributed by atoms with E-state index in [1.165, 1.54) is 36.3 Å². The third-order valence-corrected chi connectivity index (χ3v) is 10.2. The minimum absolute atomic E-state index is 0.123. The van der Waals surface area contributed by atoms with E-state index >= 15 is 0 Å². The highest BCUT2D eigenvalue weighted by Gasteiger charge is 2.58. The summed E-state index contributed by atoms with van der Waals surface area (Å²) in [5.41, 5.74) is 4.53. The molecule has 31 heavy (non-hydrogen) atoms. The Kier molecular flexibility index (Phi) is 4.56. The monoisotopic (exact) mass is 432 g/mol. The van der Waals surface area contributed by atoms with Crippen LogP contribution >= 0.6 is 11.3 Å². The maximum absolute atomic E-state index is 10.2. The molecular weight excluding hydrogens is 400 g/mol. The average Bonchev–Trinajstić information content (AvgIpc) is 3.30. The first-order valence-electron chi connectivity index (χ1n) is 11.9. The van der Waals surface area contributed by atoms with Crippen molar-refractivity contribution in [2.75, 3.05) is 0 Å². The second-order valence-corrected chi connectivity index (χ2v) is 11.8. The first-order chi connectivity index (χ1) is 15.0. The number of aliphatic imine (C=N–C) groups is 1. The molecule has 3 nitrogen and oxygen atoms in total. The zero-order chi connectivity index (χ0) is 21.2. The molecular formula is C27H32N2OS. The van der Waals surface area contributed by atoms with E-state index < -0.39 is 0 Å². The van der Waals surface area contributed by atoms with E-state index in [1.807, 2.05) is 35.8 Å². The fourth-order valence-corrected chi connectivity index (χ4v) is 8.58. The highest BCUT2D eigenvalue weighted by atomic mass is 32.1. The molecule has 6 atom stereocenters. The molecule has 0 saturated heterocycles. The van der Waals surface area contributed by atoms with Crippen molar-refractivity contribution >= 4 is 22.7 Å². The number of benzene rings is 1. The van der Waals surface area contributed by atoms with E-state index in [4.69, 9.17) is 9.98 Å². The zero-order valence-electron chi connectivity index (χ0n) is 18.6. The number of fused-ring (bicyclic) bond motifs is 7. The predicted octanol–water partition coefficient (Wildman–Crippen LogP) is 6.23. The first-order valence-corrected chi connectivity index (χ1v) is 12.8. The molecule has 1 N–H and O–H groups in total. The Hall–Kier alpha value is -1.78. The van der Waals surface area contributed by atoms with Gasteiger partial charge in [-0.15, -0.1) is 0 Å². The summed E-state index contributed by atoms with van der Waals surface area (Å²) in [5, 5.41) is 11.1. The second kappa shape index (κ2) is 7.11. The Balaban J connectivity index is 1.28. The number of aliphatic hydroxyl groups is 1. The summed E-state index contributed by atoms with van der Waals surface area (Å²) in [7, 11) is 0. The molecule has 0 radical (unpaired) electrons. The third-order valence-electron chi connectivity index (χ3n) is 9.22. The summed E-state index contributed by atoms with van der Waals surface area (Å²) in [6.45, 7) is 4.99. The van der Waals surface area contributed by atoms with Gasteiger partial charge in [0.15, 0.2) is 0 Å². The van der Waals surface area contributed by atoms with Crippen LogP contribution in [0.5, 0.6) is 0 Å². The molecule has 1 aromatic carbocycles.